The second-order valence-electron chi connectivity index (χ2n) is 4.38. The summed E-state index contributed by atoms with van der Waals surface area (Å²) >= 11 is 0. The highest BCUT2D eigenvalue weighted by molar-refractivity contribution is 5.29. The summed E-state index contributed by atoms with van der Waals surface area (Å²) in [7, 11) is 0. The smallest absolute Gasteiger partial charge is 0.0673 e. The third-order valence-electron chi connectivity index (χ3n) is 2.92. The van der Waals surface area contributed by atoms with Crippen molar-refractivity contribution in [2.75, 3.05) is 13.1 Å². The van der Waals surface area contributed by atoms with Crippen LogP contribution in [0.5, 0.6) is 0 Å². The van der Waals surface area contributed by atoms with Gasteiger partial charge in [0.05, 0.1) is 11.4 Å². The molecule has 0 fully saturated rings. The third kappa shape index (κ3) is 1.92. The van der Waals surface area contributed by atoms with Crippen LogP contribution in [0.15, 0.2) is 0 Å². The Kier molecular flexibility index (Phi) is 3.07. The predicted octanol–water partition coefficient (Wildman–Crippen LogP) is 0.611. The van der Waals surface area contributed by atoms with Gasteiger partial charge in [-0.3, -0.25) is 4.68 Å². The predicted molar refractivity (Wildman–Crippen MR) is 60.8 cm³/mol. The molecule has 1 aliphatic heterocycles. The van der Waals surface area contributed by atoms with E-state index in [-0.39, 0.29) is 0 Å². The quantitative estimate of drug-likeness (QED) is 0.765. The minimum atomic E-state index is 0.435. The van der Waals surface area contributed by atoms with Crippen LogP contribution in [0.25, 0.3) is 0 Å². The van der Waals surface area contributed by atoms with E-state index < -0.39 is 0 Å². The van der Waals surface area contributed by atoms with Crippen LogP contribution in [0.1, 0.15) is 36.8 Å². The lowest BCUT2D eigenvalue weighted by molar-refractivity contribution is 0.484. The fourth-order valence-corrected chi connectivity index (χ4v) is 2.22. The largest absolute Gasteiger partial charge is 0.330 e. The number of fused-ring (bicyclic) bond motifs is 1. The molecule has 0 amide bonds. The van der Waals surface area contributed by atoms with Crippen molar-refractivity contribution in [3.63, 3.8) is 0 Å². The second-order valence-corrected chi connectivity index (χ2v) is 4.38. The molecule has 15 heavy (non-hydrogen) atoms. The van der Waals surface area contributed by atoms with Gasteiger partial charge in [0.1, 0.15) is 0 Å². The van der Waals surface area contributed by atoms with Crippen molar-refractivity contribution in [1.29, 1.82) is 0 Å². The van der Waals surface area contributed by atoms with Crippen molar-refractivity contribution >= 4 is 0 Å². The van der Waals surface area contributed by atoms with Crippen LogP contribution in [0, 0.1) is 0 Å². The molecule has 0 aliphatic carbocycles. The summed E-state index contributed by atoms with van der Waals surface area (Å²) in [6, 6.07) is 0.435. The van der Waals surface area contributed by atoms with Gasteiger partial charge in [-0.25, -0.2) is 0 Å². The Morgan fingerprint density at radius 2 is 2.33 bits per heavy atom. The maximum absolute atomic E-state index is 5.61. The van der Waals surface area contributed by atoms with E-state index in [1.165, 1.54) is 17.0 Å². The van der Waals surface area contributed by atoms with Gasteiger partial charge in [-0.1, -0.05) is 0 Å². The van der Waals surface area contributed by atoms with Gasteiger partial charge < -0.3 is 11.1 Å². The number of nitrogens with one attached hydrogen (secondary N) is 1. The van der Waals surface area contributed by atoms with Gasteiger partial charge in [0, 0.05) is 19.0 Å². The van der Waals surface area contributed by atoms with E-state index in [1.54, 1.807) is 0 Å². The fourth-order valence-electron chi connectivity index (χ4n) is 2.22. The molecule has 3 N–H and O–H groups in total. The molecule has 0 atom stereocenters. The number of rotatable bonds is 3. The van der Waals surface area contributed by atoms with Crippen molar-refractivity contribution in [3.05, 3.63) is 17.0 Å². The maximum Gasteiger partial charge on any atom is 0.0673 e. The van der Waals surface area contributed by atoms with Gasteiger partial charge in [-0.2, -0.15) is 5.10 Å². The lowest BCUT2D eigenvalue weighted by atomic mass is 10.0. The Balaban J connectivity index is 2.40. The molecule has 0 spiro atoms. The SMILES string of the molecule is CC(C)n1nc(CCN)c2c1CNCC2. The first kappa shape index (κ1) is 10.6. The summed E-state index contributed by atoms with van der Waals surface area (Å²) in [5.41, 5.74) is 9.62. The van der Waals surface area contributed by atoms with Crippen molar-refractivity contribution in [2.24, 2.45) is 5.73 Å². The van der Waals surface area contributed by atoms with Crippen LogP contribution in [-0.2, 0) is 19.4 Å². The highest BCUT2D eigenvalue weighted by Gasteiger charge is 2.20. The Bertz CT molecular complexity index is 341. The Morgan fingerprint density at radius 3 is 3.00 bits per heavy atom. The zero-order valence-electron chi connectivity index (χ0n) is 9.58. The van der Waals surface area contributed by atoms with Crippen LogP contribution in [0.3, 0.4) is 0 Å². The van der Waals surface area contributed by atoms with E-state index in [2.05, 4.69) is 28.9 Å². The van der Waals surface area contributed by atoms with E-state index in [0.717, 1.165) is 25.9 Å². The van der Waals surface area contributed by atoms with Crippen LogP contribution < -0.4 is 11.1 Å². The molecule has 1 aromatic heterocycles. The number of hydrogen-bond donors (Lipinski definition) is 2. The highest BCUT2D eigenvalue weighted by Crippen LogP contribution is 2.21. The van der Waals surface area contributed by atoms with E-state index in [1.807, 2.05) is 0 Å². The molecule has 0 saturated carbocycles. The molecular formula is C11H20N4. The average Bonchev–Trinajstić information content (AvgIpc) is 2.59. The summed E-state index contributed by atoms with van der Waals surface area (Å²) in [6.07, 6.45) is 2.00. The zero-order valence-corrected chi connectivity index (χ0v) is 9.58. The first-order valence-corrected chi connectivity index (χ1v) is 5.74. The number of aromatic nitrogens is 2. The molecule has 84 valence electrons. The number of hydrogen-bond acceptors (Lipinski definition) is 3. The van der Waals surface area contributed by atoms with Gasteiger partial charge in [-0.05, 0) is 38.9 Å². The van der Waals surface area contributed by atoms with Crippen molar-refractivity contribution in [2.45, 2.75) is 39.3 Å². The van der Waals surface area contributed by atoms with E-state index in [9.17, 15) is 0 Å². The summed E-state index contributed by atoms with van der Waals surface area (Å²) < 4.78 is 2.15. The van der Waals surface area contributed by atoms with Crippen molar-refractivity contribution < 1.29 is 0 Å². The van der Waals surface area contributed by atoms with Gasteiger partial charge in [-0.15, -0.1) is 0 Å². The normalized spacial score (nSPS) is 15.7. The number of nitrogens with zero attached hydrogens (tertiary/aromatic N) is 2. The molecule has 1 aromatic rings. The Hall–Kier alpha value is -0.870. The molecule has 1 aliphatic rings. The standard InChI is InChI=1S/C11H20N4/c1-8(2)15-11-7-13-6-4-9(11)10(14-15)3-5-12/h8,13H,3-7,12H2,1-2H3. The van der Waals surface area contributed by atoms with E-state index >= 15 is 0 Å². The summed E-state index contributed by atoms with van der Waals surface area (Å²) in [6.45, 7) is 7.05. The Labute approximate surface area is 90.8 Å². The highest BCUT2D eigenvalue weighted by atomic mass is 15.3. The molecule has 2 rings (SSSR count). The lowest BCUT2D eigenvalue weighted by Gasteiger charge is -2.17. The van der Waals surface area contributed by atoms with Gasteiger partial charge >= 0.3 is 0 Å². The molecule has 4 heteroatoms. The molecule has 2 heterocycles. The average molecular weight is 208 g/mol. The van der Waals surface area contributed by atoms with Gasteiger partial charge in [0.15, 0.2) is 0 Å². The molecule has 0 saturated heterocycles. The topological polar surface area (TPSA) is 55.9 Å². The van der Waals surface area contributed by atoms with Crippen LogP contribution in [0.2, 0.25) is 0 Å². The lowest BCUT2D eigenvalue weighted by Crippen LogP contribution is -2.26. The fraction of sp³-hybridized carbons (Fsp3) is 0.727. The molecule has 4 nitrogen and oxygen atoms in total. The first-order valence-electron chi connectivity index (χ1n) is 5.74. The summed E-state index contributed by atoms with van der Waals surface area (Å²) in [5.74, 6) is 0. The maximum atomic E-state index is 5.61. The molecule has 0 bridgehead atoms. The van der Waals surface area contributed by atoms with E-state index in [4.69, 9.17) is 5.73 Å². The van der Waals surface area contributed by atoms with E-state index in [0.29, 0.717) is 12.6 Å². The number of nitrogens with two attached hydrogens (primary N) is 1. The molecule has 0 unspecified atom stereocenters. The van der Waals surface area contributed by atoms with Crippen LogP contribution in [-0.4, -0.2) is 22.9 Å². The minimum absolute atomic E-state index is 0.435. The van der Waals surface area contributed by atoms with Crippen LogP contribution >= 0.6 is 0 Å². The van der Waals surface area contributed by atoms with Crippen LogP contribution in [0.4, 0.5) is 0 Å². The summed E-state index contributed by atoms with van der Waals surface area (Å²) in [5, 5.41) is 8.08. The second kappa shape index (κ2) is 4.33. The third-order valence-corrected chi connectivity index (χ3v) is 2.92. The van der Waals surface area contributed by atoms with Gasteiger partial charge in [0.25, 0.3) is 0 Å². The molecule has 0 aromatic carbocycles. The van der Waals surface area contributed by atoms with Gasteiger partial charge in [0.2, 0.25) is 0 Å². The monoisotopic (exact) mass is 208 g/mol. The minimum Gasteiger partial charge on any atom is -0.330 e. The zero-order chi connectivity index (χ0) is 10.8. The molecule has 0 radical (unpaired) electrons. The molecular weight excluding hydrogens is 188 g/mol. The summed E-state index contributed by atoms with van der Waals surface area (Å²) in [4.78, 5) is 0. The first-order chi connectivity index (χ1) is 7.24. The van der Waals surface area contributed by atoms with Crippen molar-refractivity contribution in [1.82, 2.24) is 15.1 Å². The van der Waals surface area contributed by atoms with Crippen molar-refractivity contribution in [3.8, 4) is 0 Å². The Morgan fingerprint density at radius 1 is 1.53 bits per heavy atom.